The summed E-state index contributed by atoms with van der Waals surface area (Å²) in [5.74, 6) is 0. The molecule has 0 saturated carbocycles. The number of hydrogen-bond donors (Lipinski definition) is 2. The fourth-order valence-corrected chi connectivity index (χ4v) is 2.09. The second-order valence-electron chi connectivity index (χ2n) is 3.74. The lowest BCUT2D eigenvalue weighted by molar-refractivity contribution is 0.0432. The summed E-state index contributed by atoms with van der Waals surface area (Å²) in [5, 5.41) is 3.18. The summed E-state index contributed by atoms with van der Waals surface area (Å²) in [5.41, 5.74) is -0.138. The monoisotopic (exact) mass is 222 g/mol. The van der Waals surface area contributed by atoms with E-state index in [0.717, 1.165) is 12.8 Å². The smallest absolute Gasteiger partial charge is 0.208 e. The number of ether oxygens (including phenoxy) is 1. The predicted molar refractivity (Wildman–Crippen MR) is 54.7 cm³/mol. The molecule has 0 aromatic heterocycles. The van der Waals surface area contributed by atoms with E-state index >= 15 is 0 Å². The van der Waals surface area contributed by atoms with E-state index in [1.807, 2.05) is 7.05 Å². The van der Waals surface area contributed by atoms with Gasteiger partial charge in [-0.3, -0.25) is 0 Å². The zero-order valence-electron chi connectivity index (χ0n) is 8.67. The highest BCUT2D eigenvalue weighted by atomic mass is 32.2. The van der Waals surface area contributed by atoms with Gasteiger partial charge in [0.2, 0.25) is 10.0 Å². The normalized spacial score (nSPS) is 22.1. The lowest BCUT2D eigenvalue weighted by Crippen LogP contribution is -2.55. The quantitative estimate of drug-likeness (QED) is 0.660. The van der Waals surface area contributed by atoms with Crippen molar-refractivity contribution in [2.45, 2.75) is 18.4 Å². The van der Waals surface area contributed by atoms with Gasteiger partial charge in [0.05, 0.1) is 6.26 Å². The standard InChI is InChI=1S/C8H18N2O3S/c1-9-8(3-5-13-6-4-8)7-10-14(2,11)12/h9-10H,3-7H2,1-2H3. The molecule has 6 heteroatoms. The first kappa shape index (κ1) is 11.9. The molecule has 1 rings (SSSR count). The summed E-state index contributed by atoms with van der Waals surface area (Å²) in [6.07, 6.45) is 2.85. The maximum Gasteiger partial charge on any atom is 0.208 e. The van der Waals surface area contributed by atoms with Crippen molar-refractivity contribution in [3.8, 4) is 0 Å². The van der Waals surface area contributed by atoms with E-state index in [0.29, 0.717) is 19.8 Å². The number of likely N-dealkylation sites (N-methyl/N-ethyl adjacent to an activating group) is 1. The van der Waals surface area contributed by atoms with E-state index in [1.165, 1.54) is 6.26 Å². The van der Waals surface area contributed by atoms with Gasteiger partial charge >= 0.3 is 0 Å². The van der Waals surface area contributed by atoms with Crippen molar-refractivity contribution in [3.63, 3.8) is 0 Å². The Balaban J connectivity index is 2.52. The number of nitrogens with one attached hydrogen (secondary N) is 2. The van der Waals surface area contributed by atoms with Gasteiger partial charge in [-0.15, -0.1) is 0 Å². The maximum absolute atomic E-state index is 11.0. The Morgan fingerprint density at radius 3 is 2.36 bits per heavy atom. The van der Waals surface area contributed by atoms with E-state index in [1.54, 1.807) is 0 Å². The van der Waals surface area contributed by atoms with Crippen LogP contribution >= 0.6 is 0 Å². The number of hydrogen-bond acceptors (Lipinski definition) is 4. The summed E-state index contributed by atoms with van der Waals surface area (Å²) >= 11 is 0. The van der Waals surface area contributed by atoms with Crippen LogP contribution in [-0.2, 0) is 14.8 Å². The van der Waals surface area contributed by atoms with Crippen LogP contribution in [0, 0.1) is 0 Å². The van der Waals surface area contributed by atoms with Gasteiger partial charge in [0.25, 0.3) is 0 Å². The van der Waals surface area contributed by atoms with Crippen LogP contribution in [-0.4, -0.2) is 47.0 Å². The molecule has 0 unspecified atom stereocenters. The van der Waals surface area contributed by atoms with Crippen LogP contribution in [0.4, 0.5) is 0 Å². The first-order valence-corrected chi connectivity index (χ1v) is 6.58. The molecule has 14 heavy (non-hydrogen) atoms. The Morgan fingerprint density at radius 1 is 1.36 bits per heavy atom. The maximum atomic E-state index is 11.0. The Kier molecular flexibility index (Phi) is 3.88. The van der Waals surface area contributed by atoms with Gasteiger partial charge in [0, 0.05) is 25.3 Å². The summed E-state index contributed by atoms with van der Waals surface area (Å²) < 4.78 is 29.7. The predicted octanol–water partition coefficient (Wildman–Crippen LogP) is -0.696. The van der Waals surface area contributed by atoms with Crippen molar-refractivity contribution in [2.24, 2.45) is 0 Å². The lowest BCUT2D eigenvalue weighted by atomic mass is 9.90. The van der Waals surface area contributed by atoms with Crippen LogP contribution in [0.2, 0.25) is 0 Å². The molecular weight excluding hydrogens is 204 g/mol. The van der Waals surface area contributed by atoms with Crippen molar-refractivity contribution in [1.82, 2.24) is 10.0 Å². The first-order chi connectivity index (χ1) is 6.47. The molecule has 0 radical (unpaired) electrons. The van der Waals surface area contributed by atoms with E-state index in [9.17, 15) is 8.42 Å². The van der Waals surface area contributed by atoms with Gasteiger partial charge in [0.15, 0.2) is 0 Å². The number of sulfonamides is 1. The topological polar surface area (TPSA) is 67.4 Å². The lowest BCUT2D eigenvalue weighted by Gasteiger charge is -2.36. The summed E-state index contributed by atoms with van der Waals surface area (Å²) in [4.78, 5) is 0. The Bertz CT molecular complexity index is 270. The third-order valence-electron chi connectivity index (χ3n) is 2.65. The average Bonchev–Trinajstić information content (AvgIpc) is 2.15. The van der Waals surface area contributed by atoms with Gasteiger partial charge < -0.3 is 10.1 Å². The molecule has 0 amide bonds. The molecule has 1 saturated heterocycles. The summed E-state index contributed by atoms with van der Waals surface area (Å²) in [6.45, 7) is 1.81. The van der Waals surface area contributed by atoms with Crippen LogP contribution < -0.4 is 10.0 Å². The zero-order chi connectivity index (χ0) is 10.7. The minimum absolute atomic E-state index is 0.138. The Hall–Kier alpha value is -0.170. The molecule has 0 bridgehead atoms. The van der Waals surface area contributed by atoms with E-state index in [2.05, 4.69) is 10.0 Å². The van der Waals surface area contributed by atoms with Crippen LogP contribution in [0.5, 0.6) is 0 Å². The molecule has 1 aliphatic rings. The molecule has 84 valence electrons. The van der Waals surface area contributed by atoms with E-state index in [4.69, 9.17) is 4.74 Å². The zero-order valence-corrected chi connectivity index (χ0v) is 9.49. The molecule has 5 nitrogen and oxygen atoms in total. The van der Waals surface area contributed by atoms with Gasteiger partial charge in [0.1, 0.15) is 0 Å². The minimum atomic E-state index is -3.10. The van der Waals surface area contributed by atoms with Crippen molar-refractivity contribution in [1.29, 1.82) is 0 Å². The van der Waals surface area contributed by atoms with Crippen LogP contribution in [0.25, 0.3) is 0 Å². The number of rotatable bonds is 4. The molecule has 1 heterocycles. The van der Waals surface area contributed by atoms with E-state index < -0.39 is 10.0 Å². The van der Waals surface area contributed by atoms with Crippen molar-refractivity contribution in [2.75, 3.05) is 33.1 Å². The largest absolute Gasteiger partial charge is 0.381 e. The molecule has 1 aliphatic heterocycles. The molecule has 0 atom stereocenters. The van der Waals surface area contributed by atoms with Crippen LogP contribution in [0.3, 0.4) is 0 Å². The fraction of sp³-hybridized carbons (Fsp3) is 1.00. The van der Waals surface area contributed by atoms with Gasteiger partial charge in [-0.1, -0.05) is 0 Å². The third kappa shape index (κ3) is 3.53. The highest BCUT2D eigenvalue weighted by molar-refractivity contribution is 7.88. The summed E-state index contributed by atoms with van der Waals surface area (Å²) in [6, 6.07) is 0. The molecule has 0 aromatic rings. The Labute approximate surface area is 85.3 Å². The molecule has 0 aromatic carbocycles. The second-order valence-corrected chi connectivity index (χ2v) is 5.57. The fourth-order valence-electron chi connectivity index (χ4n) is 1.55. The highest BCUT2D eigenvalue weighted by Gasteiger charge is 2.31. The van der Waals surface area contributed by atoms with Crippen LogP contribution in [0.1, 0.15) is 12.8 Å². The van der Waals surface area contributed by atoms with Crippen LogP contribution in [0.15, 0.2) is 0 Å². The van der Waals surface area contributed by atoms with Crippen molar-refractivity contribution in [3.05, 3.63) is 0 Å². The molecular formula is C8H18N2O3S. The Morgan fingerprint density at radius 2 is 1.93 bits per heavy atom. The van der Waals surface area contributed by atoms with Crippen molar-refractivity contribution >= 4 is 10.0 Å². The second kappa shape index (κ2) is 4.57. The summed E-state index contributed by atoms with van der Waals surface area (Å²) in [7, 11) is -1.25. The third-order valence-corrected chi connectivity index (χ3v) is 3.32. The molecule has 0 aliphatic carbocycles. The van der Waals surface area contributed by atoms with Gasteiger partial charge in [-0.2, -0.15) is 0 Å². The first-order valence-electron chi connectivity index (χ1n) is 4.69. The van der Waals surface area contributed by atoms with E-state index in [-0.39, 0.29) is 5.54 Å². The molecule has 2 N–H and O–H groups in total. The van der Waals surface area contributed by atoms with Gasteiger partial charge in [-0.05, 0) is 19.9 Å². The highest BCUT2D eigenvalue weighted by Crippen LogP contribution is 2.19. The minimum Gasteiger partial charge on any atom is -0.381 e. The molecule has 1 fully saturated rings. The average molecular weight is 222 g/mol. The molecule has 0 spiro atoms. The van der Waals surface area contributed by atoms with Gasteiger partial charge in [-0.25, -0.2) is 13.1 Å². The van der Waals surface area contributed by atoms with Crippen molar-refractivity contribution < 1.29 is 13.2 Å². The SMILES string of the molecule is CNC1(CNS(C)(=O)=O)CCOCC1.